The second-order valence-corrected chi connectivity index (χ2v) is 6.48. The fraction of sp³-hybridized carbons (Fsp3) is 0.667. The Balaban J connectivity index is 2.28. The van der Waals surface area contributed by atoms with Gasteiger partial charge in [-0.15, -0.1) is 0 Å². The van der Waals surface area contributed by atoms with Crippen LogP contribution in [0.3, 0.4) is 0 Å². The third-order valence-corrected chi connectivity index (χ3v) is 4.86. The standard InChI is InChI=1S/C18H30N2/c1-5-16-7-6-8-20(12-16)17(11-19)18-14(3)9-13(2)10-15(18)4/h9-10,16-17H,5-8,11-12,19H2,1-4H3. The van der Waals surface area contributed by atoms with Crippen LogP contribution in [-0.4, -0.2) is 24.5 Å². The smallest absolute Gasteiger partial charge is 0.0475 e. The van der Waals surface area contributed by atoms with E-state index in [9.17, 15) is 0 Å². The summed E-state index contributed by atoms with van der Waals surface area (Å²) in [6.07, 6.45) is 3.99. The molecular weight excluding hydrogens is 244 g/mol. The van der Waals surface area contributed by atoms with E-state index < -0.39 is 0 Å². The molecule has 0 aromatic heterocycles. The molecular formula is C18H30N2. The van der Waals surface area contributed by atoms with Crippen LogP contribution in [0.15, 0.2) is 12.1 Å². The first-order chi connectivity index (χ1) is 9.56. The molecule has 1 aliphatic rings. The molecule has 0 spiro atoms. The van der Waals surface area contributed by atoms with Gasteiger partial charge in [0, 0.05) is 19.1 Å². The summed E-state index contributed by atoms with van der Waals surface area (Å²) in [6, 6.07) is 4.99. The zero-order chi connectivity index (χ0) is 14.7. The topological polar surface area (TPSA) is 29.3 Å². The molecule has 0 aliphatic carbocycles. The Morgan fingerprint density at radius 1 is 1.25 bits per heavy atom. The zero-order valence-electron chi connectivity index (χ0n) is 13.6. The number of nitrogens with zero attached hydrogens (tertiary/aromatic N) is 1. The van der Waals surface area contributed by atoms with Crippen molar-refractivity contribution in [2.45, 2.75) is 53.0 Å². The second kappa shape index (κ2) is 6.73. The van der Waals surface area contributed by atoms with Crippen molar-refractivity contribution in [3.05, 3.63) is 34.4 Å². The summed E-state index contributed by atoms with van der Waals surface area (Å²) < 4.78 is 0. The molecule has 1 saturated heterocycles. The van der Waals surface area contributed by atoms with Crippen molar-refractivity contribution in [3.8, 4) is 0 Å². The summed E-state index contributed by atoms with van der Waals surface area (Å²) in [5.74, 6) is 0.851. The number of nitrogens with two attached hydrogens (primary N) is 1. The number of benzene rings is 1. The molecule has 1 aromatic rings. The molecule has 2 rings (SSSR count). The SMILES string of the molecule is CCC1CCCN(C(CN)c2c(C)cc(C)cc2C)C1. The maximum atomic E-state index is 6.16. The normalized spacial score (nSPS) is 21.9. The van der Waals surface area contributed by atoms with Gasteiger partial charge < -0.3 is 5.73 Å². The van der Waals surface area contributed by atoms with Crippen molar-refractivity contribution < 1.29 is 0 Å². The van der Waals surface area contributed by atoms with Crippen LogP contribution in [0, 0.1) is 26.7 Å². The van der Waals surface area contributed by atoms with Crippen LogP contribution in [-0.2, 0) is 0 Å². The minimum atomic E-state index is 0.393. The minimum Gasteiger partial charge on any atom is -0.329 e. The average molecular weight is 274 g/mol. The maximum absolute atomic E-state index is 6.16. The van der Waals surface area contributed by atoms with Crippen LogP contribution >= 0.6 is 0 Å². The summed E-state index contributed by atoms with van der Waals surface area (Å²) in [4.78, 5) is 2.63. The highest BCUT2D eigenvalue weighted by Gasteiger charge is 2.27. The number of aryl methyl sites for hydroxylation is 3. The molecule has 20 heavy (non-hydrogen) atoms. The summed E-state index contributed by atoms with van der Waals surface area (Å²) in [5.41, 5.74) is 11.8. The Bertz CT molecular complexity index is 430. The maximum Gasteiger partial charge on any atom is 0.0475 e. The highest BCUT2D eigenvalue weighted by molar-refractivity contribution is 5.40. The minimum absolute atomic E-state index is 0.393. The van der Waals surface area contributed by atoms with Crippen LogP contribution in [0.1, 0.15) is 54.5 Å². The number of rotatable bonds is 4. The molecule has 2 N–H and O–H groups in total. The predicted molar refractivity (Wildman–Crippen MR) is 87.0 cm³/mol. The lowest BCUT2D eigenvalue weighted by molar-refractivity contribution is 0.123. The first-order valence-corrected chi connectivity index (χ1v) is 8.08. The molecule has 1 aromatic carbocycles. The van der Waals surface area contributed by atoms with E-state index >= 15 is 0 Å². The molecule has 2 heteroatoms. The van der Waals surface area contributed by atoms with Gasteiger partial charge in [0.2, 0.25) is 0 Å². The van der Waals surface area contributed by atoms with Gasteiger partial charge in [-0.25, -0.2) is 0 Å². The first-order valence-electron chi connectivity index (χ1n) is 8.08. The highest BCUT2D eigenvalue weighted by atomic mass is 15.2. The Morgan fingerprint density at radius 2 is 1.90 bits per heavy atom. The van der Waals surface area contributed by atoms with Crippen molar-refractivity contribution in [1.29, 1.82) is 0 Å². The summed E-state index contributed by atoms with van der Waals surface area (Å²) in [5, 5.41) is 0. The van der Waals surface area contributed by atoms with E-state index in [1.165, 1.54) is 54.6 Å². The molecule has 0 bridgehead atoms. The lowest BCUT2D eigenvalue weighted by atomic mass is 9.89. The Morgan fingerprint density at radius 3 is 2.45 bits per heavy atom. The van der Waals surface area contributed by atoms with Crippen molar-refractivity contribution >= 4 is 0 Å². The van der Waals surface area contributed by atoms with E-state index in [0.29, 0.717) is 6.04 Å². The van der Waals surface area contributed by atoms with E-state index in [-0.39, 0.29) is 0 Å². The fourth-order valence-electron chi connectivity index (χ4n) is 3.88. The predicted octanol–water partition coefficient (Wildman–Crippen LogP) is 3.73. The third kappa shape index (κ3) is 3.24. The van der Waals surface area contributed by atoms with Gasteiger partial charge in [0.1, 0.15) is 0 Å². The van der Waals surface area contributed by atoms with Gasteiger partial charge in [-0.05, 0) is 62.8 Å². The van der Waals surface area contributed by atoms with Crippen molar-refractivity contribution in [2.24, 2.45) is 11.7 Å². The summed E-state index contributed by atoms with van der Waals surface area (Å²) in [6.45, 7) is 12.1. The third-order valence-electron chi connectivity index (χ3n) is 4.86. The summed E-state index contributed by atoms with van der Waals surface area (Å²) >= 11 is 0. The Hall–Kier alpha value is -0.860. The van der Waals surface area contributed by atoms with Gasteiger partial charge in [0.15, 0.2) is 0 Å². The molecule has 0 saturated carbocycles. The number of hydrogen-bond acceptors (Lipinski definition) is 2. The monoisotopic (exact) mass is 274 g/mol. The van der Waals surface area contributed by atoms with Gasteiger partial charge in [0.25, 0.3) is 0 Å². The van der Waals surface area contributed by atoms with Crippen molar-refractivity contribution in [2.75, 3.05) is 19.6 Å². The van der Waals surface area contributed by atoms with E-state index in [2.05, 4.69) is 44.7 Å². The molecule has 2 unspecified atom stereocenters. The van der Waals surface area contributed by atoms with Gasteiger partial charge in [-0.2, -0.15) is 0 Å². The molecule has 1 fully saturated rings. The Labute approximate surface area is 124 Å². The van der Waals surface area contributed by atoms with E-state index in [1.807, 2.05) is 0 Å². The molecule has 0 amide bonds. The van der Waals surface area contributed by atoms with Crippen LogP contribution in [0.4, 0.5) is 0 Å². The lowest BCUT2D eigenvalue weighted by Crippen LogP contribution is -2.41. The van der Waals surface area contributed by atoms with E-state index in [4.69, 9.17) is 5.73 Å². The number of piperidine rings is 1. The molecule has 1 aliphatic heterocycles. The first kappa shape index (κ1) is 15.5. The summed E-state index contributed by atoms with van der Waals surface area (Å²) in [7, 11) is 0. The van der Waals surface area contributed by atoms with Crippen LogP contribution in [0.5, 0.6) is 0 Å². The second-order valence-electron chi connectivity index (χ2n) is 6.48. The average Bonchev–Trinajstić information content (AvgIpc) is 2.42. The number of likely N-dealkylation sites (tertiary alicyclic amines) is 1. The zero-order valence-corrected chi connectivity index (χ0v) is 13.6. The highest BCUT2D eigenvalue weighted by Crippen LogP contribution is 2.31. The van der Waals surface area contributed by atoms with Crippen LogP contribution < -0.4 is 5.73 Å². The van der Waals surface area contributed by atoms with Crippen LogP contribution in [0.2, 0.25) is 0 Å². The fourth-order valence-corrected chi connectivity index (χ4v) is 3.88. The van der Waals surface area contributed by atoms with Crippen molar-refractivity contribution in [3.63, 3.8) is 0 Å². The van der Waals surface area contributed by atoms with Crippen molar-refractivity contribution in [1.82, 2.24) is 4.90 Å². The van der Waals surface area contributed by atoms with Gasteiger partial charge in [-0.3, -0.25) is 4.90 Å². The molecule has 0 radical (unpaired) electrons. The quantitative estimate of drug-likeness (QED) is 0.906. The largest absolute Gasteiger partial charge is 0.329 e. The van der Waals surface area contributed by atoms with Gasteiger partial charge >= 0.3 is 0 Å². The van der Waals surface area contributed by atoms with Crippen LogP contribution in [0.25, 0.3) is 0 Å². The molecule has 2 nitrogen and oxygen atoms in total. The van der Waals surface area contributed by atoms with E-state index in [1.54, 1.807) is 0 Å². The molecule has 1 heterocycles. The lowest BCUT2D eigenvalue weighted by Gasteiger charge is -2.39. The van der Waals surface area contributed by atoms with E-state index in [0.717, 1.165) is 12.5 Å². The molecule has 112 valence electrons. The number of hydrogen-bond donors (Lipinski definition) is 1. The van der Waals surface area contributed by atoms with Gasteiger partial charge in [0.05, 0.1) is 0 Å². The molecule has 2 atom stereocenters. The Kier molecular flexibility index (Phi) is 5.22. The van der Waals surface area contributed by atoms with Gasteiger partial charge in [-0.1, -0.05) is 31.0 Å².